The van der Waals surface area contributed by atoms with Crippen molar-refractivity contribution in [3.63, 3.8) is 0 Å². The van der Waals surface area contributed by atoms with Crippen LogP contribution in [0.3, 0.4) is 0 Å². The topological polar surface area (TPSA) is 163 Å². The summed E-state index contributed by atoms with van der Waals surface area (Å²) >= 11 is 0. The van der Waals surface area contributed by atoms with Crippen LogP contribution in [0.4, 0.5) is 4.79 Å². The lowest BCUT2D eigenvalue weighted by Crippen LogP contribution is -2.59. The van der Waals surface area contributed by atoms with Crippen molar-refractivity contribution in [2.45, 2.75) is 102 Å². The molecule has 0 unspecified atom stereocenters. The fraction of sp³-hybridized carbons (Fsp3) is 0.524. The summed E-state index contributed by atoms with van der Waals surface area (Å²) < 4.78 is 10.6. The molecule has 2 aromatic rings. The quantitative estimate of drug-likeness (QED) is 0.220. The van der Waals surface area contributed by atoms with Crippen molar-refractivity contribution in [2.75, 3.05) is 20.2 Å². The van der Waals surface area contributed by atoms with E-state index >= 15 is 0 Å². The number of ether oxygens (including phenoxy) is 2. The summed E-state index contributed by atoms with van der Waals surface area (Å²) in [4.78, 5) is 85.1. The van der Waals surface area contributed by atoms with Gasteiger partial charge in [0.15, 0.2) is 0 Å². The molecule has 2 saturated heterocycles. The van der Waals surface area contributed by atoms with Gasteiger partial charge < -0.3 is 35.2 Å². The summed E-state index contributed by atoms with van der Waals surface area (Å²) in [6.45, 7) is 6.17. The van der Waals surface area contributed by atoms with E-state index in [9.17, 15) is 28.8 Å². The number of carbonyl (C=O) groups is 6. The van der Waals surface area contributed by atoms with Gasteiger partial charge in [-0.25, -0.2) is 14.4 Å². The molecule has 2 heterocycles. The second kappa shape index (κ2) is 17.1. The number of amides is 5. The molecule has 3 fully saturated rings. The number of hydrogen-bond acceptors (Lipinski definition) is 8. The zero-order valence-electron chi connectivity index (χ0n) is 32.1. The highest BCUT2D eigenvalue weighted by Crippen LogP contribution is 2.45. The molecular weight excluding hydrogens is 702 g/mol. The first-order chi connectivity index (χ1) is 26.3. The molecule has 55 heavy (non-hydrogen) atoms. The molecular formula is C42H53N5O8. The highest BCUT2D eigenvalue weighted by molar-refractivity contribution is 5.94. The Labute approximate surface area is 322 Å². The predicted molar refractivity (Wildman–Crippen MR) is 203 cm³/mol. The highest BCUT2D eigenvalue weighted by Gasteiger charge is 2.52. The molecule has 2 bridgehead atoms. The fourth-order valence-corrected chi connectivity index (χ4v) is 8.48. The maximum absolute atomic E-state index is 14.2. The molecule has 2 aliphatic heterocycles. The molecule has 0 spiro atoms. The van der Waals surface area contributed by atoms with Crippen LogP contribution in [0.1, 0.15) is 64.0 Å². The van der Waals surface area contributed by atoms with Crippen LogP contribution in [0.2, 0.25) is 0 Å². The van der Waals surface area contributed by atoms with Crippen LogP contribution in [0.25, 0.3) is 0 Å². The SMILES string of the molecule is COC(=O)[C@H](Cc1ccccc1)NC(=O)[C@H](Cc1ccccc1)NC(=O)[C@@H]1CCCN1C(=O)N[C@@H]1[C@H](C(=O)N2CCC[C@H]2C(=O)OC(C)(C)C)[C@@H]2C=C[C@H]1C2. The predicted octanol–water partition coefficient (Wildman–Crippen LogP) is 3.31. The number of methoxy groups -OCH3 is 1. The Bertz CT molecular complexity index is 1760. The molecule has 8 atom stereocenters. The lowest BCUT2D eigenvalue weighted by atomic mass is 9.87. The van der Waals surface area contributed by atoms with Crippen LogP contribution in [0.5, 0.6) is 0 Å². The molecule has 6 rings (SSSR count). The van der Waals surface area contributed by atoms with Gasteiger partial charge in [-0.2, -0.15) is 0 Å². The molecule has 5 amide bonds. The number of nitrogens with zero attached hydrogens (tertiary/aromatic N) is 2. The van der Waals surface area contributed by atoms with Crippen molar-refractivity contribution in [3.8, 4) is 0 Å². The molecule has 13 nitrogen and oxygen atoms in total. The van der Waals surface area contributed by atoms with Crippen LogP contribution in [-0.2, 0) is 46.3 Å². The maximum atomic E-state index is 14.2. The number of carbonyl (C=O) groups excluding carboxylic acids is 6. The smallest absolute Gasteiger partial charge is 0.329 e. The van der Waals surface area contributed by atoms with Crippen molar-refractivity contribution in [3.05, 3.63) is 83.9 Å². The lowest BCUT2D eigenvalue weighted by Gasteiger charge is -2.35. The largest absolute Gasteiger partial charge is 0.467 e. The van der Waals surface area contributed by atoms with E-state index in [4.69, 9.17) is 9.47 Å². The van der Waals surface area contributed by atoms with Crippen molar-refractivity contribution < 1.29 is 38.2 Å². The van der Waals surface area contributed by atoms with Gasteiger partial charge in [0, 0.05) is 32.0 Å². The van der Waals surface area contributed by atoms with Gasteiger partial charge in [-0.3, -0.25) is 14.4 Å². The average Bonchev–Trinajstić information content (AvgIpc) is 3.99. The number of benzene rings is 2. The van der Waals surface area contributed by atoms with Crippen LogP contribution in [-0.4, -0.2) is 102 Å². The molecule has 0 aromatic heterocycles. The number of nitrogens with one attached hydrogen (secondary N) is 3. The summed E-state index contributed by atoms with van der Waals surface area (Å²) in [6, 6.07) is 14.0. The van der Waals surface area contributed by atoms with Crippen LogP contribution < -0.4 is 16.0 Å². The highest BCUT2D eigenvalue weighted by atomic mass is 16.6. The Morgan fingerprint density at radius 1 is 0.764 bits per heavy atom. The second-order valence-corrected chi connectivity index (χ2v) is 16.0. The third-order valence-electron chi connectivity index (χ3n) is 11.1. The first kappa shape index (κ1) is 39.5. The van der Waals surface area contributed by atoms with Crippen molar-refractivity contribution in [1.29, 1.82) is 0 Å². The summed E-state index contributed by atoms with van der Waals surface area (Å²) in [6.07, 6.45) is 7.31. The summed E-state index contributed by atoms with van der Waals surface area (Å²) in [5.41, 5.74) is 0.943. The molecule has 2 aliphatic carbocycles. The van der Waals surface area contributed by atoms with Gasteiger partial charge in [0.25, 0.3) is 0 Å². The third-order valence-corrected chi connectivity index (χ3v) is 11.1. The van der Waals surface area contributed by atoms with E-state index in [0.29, 0.717) is 45.2 Å². The summed E-state index contributed by atoms with van der Waals surface area (Å²) in [5, 5.41) is 8.81. The molecule has 294 valence electrons. The van der Waals surface area contributed by atoms with Crippen molar-refractivity contribution in [1.82, 2.24) is 25.8 Å². The maximum Gasteiger partial charge on any atom is 0.329 e. The van der Waals surface area contributed by atoms with Crippen molar-refractivity contribution in [2.24, 2.45) is 17.8 Å². The Balaban J connectivity index is 1.14. The third kappa shape index (κ3) is 9.37. The van der Waals surface area contributed by atoms with Gasteiger partial charge in [0.1, 0.15) is 29.8 Å². The Kier molecular flexibility index (Phi) is 12.3. The van der Waals surface area contributed by atoms with Crippen LogP contribution in [0, 0.1) is 17.8 Å². The number of esters is 2. The van der Waals surface area contributed by atoms with Crippen molar-refractivity contribution >= 4 is 35.7 Å². The Morgan fingerprint density at radius 2 is 1.35 bits per heavy atom. The molecule has 13 heteroatoms. The minimum atomic E-state index is -1.06. The first-order valence-electron chi connectivity index (χ1n) is 19.4. The number of hydrogen-bond donors (Lipinski definition) is 3. The van der Waals surface area contributed by atoms with Crippen LogP contribution in [0.15, 0.2) is 72.8 Å². The van der Waals surface area contributed by atoms with E-state index in [1.54, 1.807) is 25.7 Å². The molecule has 3 N–H and O–H groups in total. The van der Waals surface area contributed by atoms with E-state index in [1.165, 1.54) is 12.0 Å². The van der Waals surface area contributed by atoms with E-state index < -0.39 is 71.5 Å². The Hall–Kier alpha value is -5.20. The number of rotatable bonds is 12. The van der Waals surface area contributed by atoms with Gasteiger partial charge >= 0.3 is 18.0 Å². The molecule has 4 aliphatic rings. The van der Waals surface area contributed by atoms with Gasteiger partial charge in [0.2, 0.25) is 17.7 Å². The van der Waals surface area contributed by atoms with E-state index in [-0.39, 0.29) is 30.6 Å². The number of allylic oxidation sites excluding steroid dienone is 1. The first-order valence-corrected chi connectivity index (χ1v) is 19.4. The van der Waals surface area contributed by atoms with Gasteiger partial charge in [0.05, 0.1) is 13.0 Å². The molecule has 0 radical (unpaired) electrons. The normalized spacial score (nSPS) is 25.2. The zero-order valence-corrected chi connectivity index (χ0v) is 32.1. The minimum Gasteiger partial charge on any atom is -0.467 e. The standard InChI is InChI=1S/C42H53N5O8/c1-42(2,3)55-40(52)33-18-12-21-46(33)38(50)34-28-19-20-29(25-28)35(34)45-41(53)47-22-11-17-32(47)37(49)43-30(23-26-13-7-5-8-14-26)36(48)44-31(39(51)54-4)24-27-15-9-6-10-16-27/h5-10,13-16,19-20,28-35H,11-12,17-18,21-25H2,1-4H3,(H,43,49)(H,44,48)(H,45,53)/t28-,29+,30+,31+,32+,33+,34-,35+/m1/s1. The van der Waals surface area contributed by atoms with Gasteiger partial charge in [-0.15, -0.1) is 0 Å². The van der Waals surface area contributed by atoms with Gasteiger partial charge in [-0.05, 0) is 75.8 Å². The number of fused-ring (bicyclic) bond motifs is 2. The zero-order chi connectivity index (χ0) is 39.3. The lowest BCUT2D eigenvalue weighted by molar-refractivity contribution is -0.164. The average molecular weight is 756 g/mol. The number of likely N-dealkylation sites (tertiary alicyclic amines) is 2. The Morgan fingerprint density at radius 3 is 1.96 bits per heavy atom. The van der Waals surface area contributed by atoms with E-state index in [1.807, 2.05) is 72.8 Å². The van der Waals surface area contributed by atoms with Gasteiger partial charge in [-0.1, -0.05) is 72.8 Å². The summed E-state index contributed by atoms with van der Waals surface area (Å²) in [5.74, 6) is -2.92. The molecule has 1 saturated carbocycles. The fourth-order valence-electron chi connectivity index (χ4n) is 8.48. The van der Waals surface area contributed by atoms with E-state index in [2.05, 4.69) is 16.0 Å². The monoisotopic (exact) mass is 755 g/mol. The molecule has 2 aromatic carbocycles. The van der Waals surface area contributed by atoms with Crippen LogP contribution >= 0.6 is 0 Å². The summed E-state index contributed by atoms with van der Waals surface area (Å²) in [7, 11) is 1.26. The second-order valence-electron chi connectivity index (χ2n) is 16.0. The minimum absolute atomic E-state index is 0.0575. The van der Waals surface area contributed by atoms with E-state index in [0.717, 1.165) is 11.1 Å². The number of urea groups is 1.